The summed E-state index contributed by atoms with van der Waals surface area (Å²) in [6, 6.07) is 77.3. The molecule has 0 heterocycles. The summed E-state index contributed by atoms with van der Waals surface area (Å²) in [5, 5.41) is 13.0. The Hall–Kier alpha value is -7.02. The molecule has 11 aromatic rings. The molecular weight excluding hydrogens is 661 g/mol. The van der Waals surface area contributed by atoms with E-state index in [1.807, 2.05) is 0 Å². The van der Waals surface area contributed by atoms with Gasteiger partial charge in [-0.1, -0.05) is 188 Å². The molecule has 254 valence electrons. The van der Waals surface area contributed by atoms with E-state index in [0.717, 1.165) is 0 Å². The van der Waals surface area contributed by atoms with Crippen molar-refractivity contribution in [2.45, 2.75) is 5.41 Å². The first-order valence-electron chi connectivity index (χ1n) is 19.3. The third kappa shape index (κ3) is 4.23. The maximum Gasteiger partial charge on any atom is 0.0713 e. The zero-order valence-electron chi connectivity index (χ0n) is 30.1. The summed E-state index contributed by atoms with van der Waals surface area (Å²) in [5.74, 6) is 0. The van der Waals surface area contributed by atoms with Crippen LogP contribution in [0.1, 0.15) is 22.3 Å². The molecule has 1 aliphatic rings. The lowest BCUT2D eigenvalue weighted by Gasteiger charge is -2.34. The lowest BCUT2D eigenvalue weighted by molar-refractivity contribution is 0.769. The Morgan fingerprint density at radius 3 is 1.53 bits per heavy atom. The van der Waals surface area contributed by atoms with E-state index >= 15 is 0 Å². The Bertz CT molecular complexity index is 3190. The van der Waals surface area contributed by atoms with Crippen LogP contribution >= 0.6 is 0 Å². The highest BCUT2D eigenvalue weighted by Gasteiger charge is 2.46. The third-order valence-corrected chi connectivity index (χ3v) is 12.4. The van der Waals surface area contributed by atoms with E-state index in [1.165, 1.54) is 109 Å². The number of hydrogen-bond donors (Lipinski definition) is 0. The average Bonchev–Trinajstić information content (AvgIpc) is 3.56. The summed E-state index contributed by atoms with van der Waals surface area (Å²) in [6.07, 6.45) is 0. The molecule has 0 atom stereocenters. The molecule has 11 aromatic carbocycles. The molecule has 1 aliphatic carbocycles. The van der Waals surface area contributed by atoms with Crippen LogP contribution in [0.3, 0.4) is 0 Å². The number of fused-ring (bicyclic) bond motifs is 6. The fraction of sp³-hybridized carbons (Fsp3) is 0.0182. The molecule has 0 saturated heterocycles. The SMILES string of the molecule is c1ccc(C2(c3ccccc3)c3ccc(-c4cc5ccc6cccc7ccc(c4)c5c67)cc3-c3c2ccc2c(-c4cccc5ccccc45)cccc32)cc1. The number of rotatable bonds is 4. The van der Waals surface area contributed by atoms with Gasteiger partial charge in [0.15, 0.2) is 0 Å². The molecule has 0 aromatic heterocycles. The van der Waals surface area contributed by atoms with Crippen molar-refractivity contribution >= 4 is 53.9 Å². The molecule has 0 bridgehead atoms. The van der Waals surface area contributed by atoms with E-state index < -0.39 is 5.41 Å². The largest absolute Gasteiger partial charge is 0.0713 e. The first kappa shape index (κ1) is 30.4. The zero-order valence-corrected chi connectivity index (χ0v) is 30.1. The summed E-state index contributed by atoms with van der Waals surface area (Å²) >= 11 is 0. The molecule has 55 heavy (non-hydrogen) atoms. The normalized spacial score (nSPS) is 13.2. The lowest BCUT2D eigenvalue weighted by Crippen LogP contribution is -2.28. The van der Waals surface area contributed by atoms with Gasteiger partial charge in [0, 0.05) is 0 Å². The van der Waals surface area contributed by atoms with Gasteiger partial charge in [-0.3, -0.25) is 0 Å². The summed E-state index contributed by atoms with van der Waals surface area (Å²) < 4.78 is 0. The van der Waals surface area contributed by atoms with Crippen molar-refractivity contribution in [1.82, 2.24) is 0 Å². The topological polar surface area (TPSA) is 0 Å². The summed E-state index contributed by atoms with van der Waals surface area (Å²) in [7, 11) is 0. The van der Waals surface area contributed by atoms with Gasteiger partial charge in [-0.25, -0.2) is 0 Å². The van der Waals surface area contributed by atoms with Crippen LogP contribution in [-0.4, -0.2) is 0 Å². The minimum atomic E-state index is -0.483. The van der Waals surface area contributed by atoms with Gasteiger partial charge in [0.2, 0.25) is 0 Å². The van der Waals surface area contributed by atoms with Gasteiger partial charge in [-0.15, -0.1) is 0 Å². The van der Waals surface area contributed by atoms with Gasteiger partial charge in [0.1, 0.15) is 0 Å². The highest BCUT2D eigenvalue weighted by atomic mass is 14.5. The van der Waals surface area contributed by atoms with Crippen molar-refractivity contribution in [1.29, 1.82) is 0 Å². The van der Waals surface area contributed by atoms with Gasteiger partial charge in [-0.2, -0.15) is 0 Å². The molecule has 0 heteroatoms. The Morgan fingerprint density at radius 1 is 0.273 bits per heavy atom. The fourth-order valence-corrected chi connectivity index (χ4v) is 10.1. The second kappa shape index (κ2) is 11.5. The molecular formula is C55H34. The lowest BCUT2D eigenvalue weighted by atomic mass is 9.67. The second-order valence-electron chi connectivity index (χ2n) is 15.2. The Morgan fingerprint density at radius 2 is 0.800 bits per heavy atom. The van der Waals surface area contributed by atoms with Crippen LogP contribution in [0.15, 0.2) is 206 Å². The molecule has 0 N–H and O–H groups in total. The maximum atomic E-state index is 2.48. The third-order valence-electron chi connectivity index (χ3n) is 12.4. The van der Waals surface area contributed by atoms with Crippen LogP contribution in [0.5, 0.6) is 0 Å². The van der Waals surface area contributed by atoms with Crippen molar-refractivity contribution in [3.05, 3.63) is 229 Å². The Kier molecular flexibility index (Phi) is 6.36. The van der Waals surface area contributed by atoms with Crippen molar-refractivity contribution < 1.29 is 0 Å². The summed E-state index contributed by atoms with van der Waals surface area (Å²) in [6.45, 7) is 0. The van der Waals surface area contributed by atoms with E-state index in [2.05, 4.69) is 206 Å². The minimum absolute atomic E-state index is 0.483. The molecule has 0 aliphatic heterocycles. The Balaban J connectivity index is 1.17. The van der Waals surface area contributed by atoms with Gasteiger partial charge in [0.25, 0.3) is 0 Å². The maximum absolute atomic E-state index is 2.48. The van der Waals surface area contributed by atoms with E-state index in [0.29, 0.717) is 0 Å². The standard InChI is InChI=1S/C55H34/c1-3-16-42(17-4-1)55(43-18-5-2-6-19-43)50-30-28-38(41-32-39-26-24-36-14-9-15-37-25-27-40(33-41)53(39)52(36)37)34-49(50)54-48-23-11-22-46(47(48)29-31-51(54)55)45-21-10-13-35-12-7-8-20-44(35)45/h1-34H. The molecule has 0 unspecified atom stereocenters. The van der Waals surface area contributed by atoms with Crippen LogP contribution in [0, 0.1) is 0 Å². The van der Waals surface area contributed by atoms with Crippen LogP contribution < -0.4 is 0 Å². The van der Waals surface area contributed by atoms with Crippen molar-refractivity contribution in [2.24, 2.45) is 0 Å². The van der Waals surface area contributed by atoms with Crippen molar-refractivity contribution in [2.75, 3.05) is 0 Å². The van der Waals surface area contributed by atoms with Gasteiger partial charge in [-0.05, 0) is 128 Å². The molecule has 0 saturated carbocycles. The van der Waals surface area contributed by atoms with E-state index in [4.69, 9.17) is 0 Å². The number of hydrogen-bond acceptors (Lipinski definition) is 0. The van der Waals surface area contributed by atoms with Crippen LogP contribution in [0.2, 0.25) is 0 Å². The average molecular weight is 695 g/mol. The first-order chi connectivity index (χ1) is 27.3. The van der Waals surface area contributed by atoms with E-state index in [9.17, 15) is 0 Å². The summed E-state index contributed by atoms with van der Waals surface area (Å²) in [5.41, 5.74) is 12.3. The van der Waals surface area contributed by atoms with Crippen molar-refractivity contribution in [3.8, 4) is 33.4 Å². The second-order valence-corrected chi connectivity index (χ2v) is 15.2. The zero-order chi connectivity index (χ0) is 36.1. The predicted octanol–water partition coefficient (Wildman–Crippen LogP) is 14.6. The summed E-state index contributed by atoms with van der Waals surface area (Å²) in [4.78, 5) is 0. The smallest absolute Gasteiger partial charge is 0.0622 e. The van der Waals surface area contributed by atoms with Gasteiger partial charge < -0.3 is 0 Å². The highest BCUT2D eigenvalue weighted by Crippen LogP contribution is 2.59. The molecule has 12 rings (SSSR count). The minimum Gasteiger partial charge on any atom is -0.0622 e. The molecule has 0 fully saturated rings. The molecule has 0 spiro atoms. The molecule has 0 amide bonds. The van der Waals surface area contributed by atoms with Crippen LogP contribution in [0.25, 0.3) is 87.2 Å². The predicted molar refractivity (Wildman–Crippen MR) is 233 cm³/mol. The van der Waals surface area contributed by atoms with E-state index in [-0.39, 0.29) is 0 Å². The van der Waals surface area contributed by atoms with Crippen molar-refractivity contribution in [3.63, 3.8) is 0 Å². The first-order valence-corrected chi connectivity index (χ1v) is 19.3. The van der Waals surface area contributed by atoms with Gasteiger partial charge in [0.05, 0.1) is 5.41 Å². The molecule has 0 radical (unpaired) electrons. The number of benzene rings is 11. The van der Waals surface area contributed by atoms with Crippen LogP contribution in [-0.2, 0) is 5.41 Å². The van der Waals surface area contributed by atoms with Gasteiger partial charge >= 0.3 is 0 Å². The van der Waals surface area contributed by atoms with E-state index in [1.54, 1.807) is 0 Å². The Labute approximate surface area is 319 Å². The fourth-order valence-electron chi connectivity index (χ4n) is 10.1. The quantitative estimate of drug-likeness (QED) is 0.161. The monoisotopic (exact) mass is 694 g/mol. The molecule has 0 nitrogen and oxygen atoms in total. The highest BCUT2D eigenvalue weighted by molar-refractivity contribution is 6.24. The van der Waals surface area contributed by atoms with Crippen LogP contribution in [0.4, 0.5) is 0 Å².